The lowest BCUT2D eigenvalue weighted by molar-refractivity contribution is 0.140. The van der Waals surface area contributed by atoms with E-state index in [-0.39, 0.29) is 6.04 Å². The maximum Gasteiger partial charge on any atom is 0.407 e. The minimum absolute atomic E-state index is 0.119. The summed E-state index contributed by atoms with van der Waals surface area (Å²) >= 11 is 1.56. The third-order valence-corrected chi connectivity index (χ3v) is 5.69. The van der Waals surface area contributed by atoms with E-state index in [1.807, 2.05) is 18.2 Å². The lowest BCUT2D eigenvalue weighted by atomic mass is 10.0. The van der Waals surface area contributed by atoms with Crippen molar-refractivity contribution in [2.24, 2.45) is 0 Å². The Morgan fingerprint density at radius 3 is 2.88 bits per heavy atom. The van der Waals surface area contributed by atoms with Crippen molar-refractivity contribution < 1.29 is 9.90 Å². The molecular weight excluding hydrogens is 336 g/mol. The predicted octanol–water partition coefficient (Wildman–Crippen LogP) is 3.90. The van der Waals surface area contributed by atoms with Crippen LogP contribution in [0.5, 0.6) is 0 Å². The van der Waals surface area contributed by atoms with Crippen molar-refractivity contribution in [2.45, 2.75) is 25.9 Å². The highest BCUT2D eigenvalue weighted by Crippen LogP contribution is 2.38. The highest BCUT2D eigenvalue weighted by molar-refractivity contribution is 7.19. The molecule has 1 aromatic carbocycles. The number of carbonyl (C=O) groups is 1. The number of hydrogen-bond acceptors (Lipinski definition) is 5. The molecule has 2 aromatic heterocycles. The second-order valence-electron chi connectivity index (χ2n) is 6.14. The summed E-state index contributed by atoms with van der Waals surface area (Å²) < 4.78 is 0. The monoisotopic (exact) mass is 354 g/mol. The number of amides is 1. The second kappa shape index (κ2) is 6.33. The van der Waals surface area contributed by atoms with E-state index in [1.165, 1.54) is 16.0 Å². The first-order valence-corrected chi connectivity index (χ1v) is 8.99. The number of rotatable bonds is 3. The van der Waals surface area contributed by atoms with Crippen molar-refractivity contribution in [3.05, 3.63) is 52.7 Å². The molecule has 1 amide bonds. The molecule has 3 heterocycles. The topological polar surface area (TPSA) is 78.4 Å². The fourth-order valence-corrected chi connectivity index (χ4v) is 4.43. The fraction of sp³-hybridized carbons (Fsp3) is 0.278. The molecule has 1 aliphatic heterocycles. The van der Waals surface area contributed by atoms with Crippen LogP contribution in [0.25, 0.3) is 10.2 Å². The van der Waals surface area contributed by atoms with Crippen LogP contribution >= 0.6 is 11.3 Å². The Hall–Kier alpha value is -2.67. The molecule has 25 heavy (non-hydrogen) atoms. The summed E-state index contributed by atoms with van der Waals surface area (Å²) in [5, 5.41) is 13.8. The third-order valence-electron chi connectivity index (χ3n) is 4.56. The van der Waals surface area contributed by atoms with Crippen LogP contribution in [0.1, 0.15) is 29.0 Å². The van der Waals surface area contributed by atoms with E-state index in [1.54, 1.807) is 17.7 Å². The lowest BCUT2D eigenvalue weighted by Crippen LogP contribution is -2.34. The van der Waals surface area contributed by atoms with Crippen LogP contribution in [-0.2, 0) is 13.0 Å². The first-order valence-electron chi connectivity index (χ1n) is 8.18. The molecular formula is C18H18N4O2S. The largest absolute Gasteiger partial charge is 0.465 e. The Labute approximate surface area is 149 Å². The van der Waals surface area contributed by atoms with Crippen molar-refractivity contribution in [2.75, 3.05) is 11.9 Å². The van der Waals surface area contributed by atoms with Crippen molar-refractivity contribution in [1.29, 1.82) is 0 Å². The van der Waals surface area contributed by atoms with Crippen LogP contribution in [0.2, 0.25) is 0 Å². The number of fused-ring (bicyclic) bond motifs is 3. The molecule has 0 bridgehead atoms. The van der Waals surface area contributed by atoms with E-state index < -0.39 is 6.09 Å². The van der Waals surface area contributed by atoms with Crippen LogP contribution in [-0.4, -0.2) is 32.6 Å². The molecule has 2 N–H and O–H groups in total. The van der Waals surface area contributed by atoms with Crippen molar-refractivity contribution in [1.82, 2.24) is 14.9 Å². The van der Waals surface area contributed by atoms with Gasteiger partial charge in [-0.25, -0.2) is 14.8 Å². The summed E-state index contributed by atoms with van der Waals surface area (Å²) in [6, 6.07) is 10.3. The van der Waals surface area contributed by atoms with Gasteiger partial charge in [0.05, 0.1) is 11.9 Å². The van der Waals surface area contributed by atoms with Gasteiger partial charge < -0.3 is 15.3 Å². The standard InChI is InChI=1S/C18H18N4O2S/c1-11(12-5-3-2-4-6-12)21-16-15-13-7-8-22(18(23)24)9-14(13)25-17(15)20-10-19-16/h2-6,10-11H,7-9H2,1H3,(H,23,24)(H,19,20,21)/t11-/m1/s1. The van der Waals surface area contributed by atoms with Gasteiger partial charge in [-0.1, -0.05) is 30.3 Å². The van der Waals surface area contributed by atoms with Gasteiger partial charge in [0, 0.05) is 17.5 Å². The molecule has 0 aliphatic carbocycles. The Balaban J connectivity index is 1.70. The lowest BCUT2D eigenvalue weighted by Gasteiger charge is -2.24. The molecule has 0 unspecified atom stereocenters. The molecule has 4 rings (SSSR count). The minimum atomic E-state index is -0.870. The number of aromatic nitrogens is 2. The van der Waals surface area contributed by atoms with Crippen LogP contribution in [0.4, 0.5) is 10.6 Å². The summed E-state index contributed by atoms with van der Waals surface area (Å²) in [6.07, 6.45) is 1.40. The number of carboxylic acid groups (broad SMARTS) is 1. The van der Waals surface area contributed by atoms with Crippen LogP contribution in [0, 0.1) is 0 Å². The highest BCUT2D eigenvalue weighted by atomic mass is 32.1. The van der Waals surface area contributed by atoms with E-state index in [0.717, 1.165) is 20.9 Å². The first-order chi connectivity index (χ1) is 12.1. The zero-order valence-corrected chi connectivity index (χ0v) is 14.6. The Morgan fingerprint density at radius 2 is 2.12 bits per heavy atom. The molecule has 0 fully saturated rings. The highest BCUT2D eigenvalue weighted by Gasteiger charge is 2.26. The van der Waals surface area contributed by atoms with Crippen molar-refractivity contribution in [3.63, 3.8) is 0 Å². The molecule has 1 aliphatic rings. The van der Waals surface area contributed by atoms with E-state index in [0.29, 0.717) is 19.5 Å². The molecule has 1 atom stereocenters. The summed E-state index contributed by atoms with van der Waals surface area (Å²) in [5.74, 6) is 0.822. The maximum atomic E-state index is 11.2. The minimum Gasteiger partial charge on any atom is -0.465 e. The Morgan fingerprint density at radius 1 is 1.32 bits per heavy atom. The smallest absolute Gasteiger partial charge is 0.407 e. The van der Waals surface area contributed by atoms with Gasteiger partial charge in [-0.05, 0) is 24.5 Å². The summed E-state index contributed by atoms with van der Waals surface area (Å²) in [6.45, 7) is 3.05. The molecule has 0 saturated heterocycles. The van der Waals surface area contributed by atoms with Gasteiger partial charge >= 0.3 is 6.09 Å². The average Bonchev–Trinajstić information content (AvgIpc) is 3.01. The normalized spacial score (nSPS) is 15.0. The van der Waals surface area contributed by atoms with E-state index in [9.17, 15) is 9.90 Å². The van der Waals surface area contributed by atoms with Crippen molar-refractivity contribution >= 4 is 33.5 Å². The first kappa shape index (κ1) is 15.8. The number of hydrogen-bond donors (Lipinski definition) is 2. The van der Waals surface area contributed by atoms with Gasteiger partial charge in [-0.15, -0.1) is 11.3 Å². The van der Waals surface area contributed by atoms with Crippen molar-refractivity contribution in [3.8, 4) is 0 Å². The Kier molecular flexibility index (Phi) is 4.01. The Bertz CT molecular complexity index is 925. The van der Waals surface area contributed by atoms with Crippen LogP contribution in [0.15, 0.2) is 36.7 Å². The van der Waals surface area contributed by atoms with Gasteiger partial charge in [-0.3, -0.25) is 0 Å². The zero-order chi connectivity index (χ0) is 17.4. The number of nitrogens with one attached hydrogen (secondary N) is 1. The summed E-state index contributed by atoms with van der Waals surface area (Å²) in [4.78, 5) is 23.5. The second-order valence-corrected chi connectivity index (χ2v) is 7.22. The average molecular weight is 354 g/mol. The SMILES string of the molecule is C[C@@H](Nc1ncnc2sc3c(c12)CCN(C(=O)O)C3)c1ccccc1. The third kappa shape index (κ3) is 2.91. The number of thiophene rings is 1. The number of anilines is 1. The molecule has 0 spiro atoms. The quantitative estimate of drug-likeness (QED) is 0.746. The molecule has 3 aromatic rings. The molecule has 0 saturated carbocycles. The number of benzene rings is 1. The zero-order valence-electron chi connectivity index (χ0n) is 13.8. The molecule has 128 valence electrons. The predicted molar refractivity (Wildman–Crippen MR) is 98.0 cm³/mol. The van der Waals surface area contributed by atoms with Gasteiger partial charge in [0.25, 0.3) is 0 Å². The maximum absolute atomic E-state index is 11.2. The summed E-state index contributed by atoms with van der Waals surface area (Å²) in [7, 11) is 0. The van der Waals surface area contributed by atoms with Crippen LogP contribution in [0.3, 0.4) is 0 Å². The van der Waals surface area contributed by atoms with Gasteiger partial charge in [-0.2, -0.15) is 0 Å². The van der Waals surface area contributed by atoms with Gasteiger partial charge in [0.1, 0.15) is 17.0 Å². The van der Waals surface area contributed by atoms with E-state index in [4.69, 9.17) is 0 Å². The van der Waals surface area contributed by atoms with Gasteiger partial charge in [0.2, 0.25) is 0 Å². The number of nitrogens with zero attached hydrogens (tertiary/aromatic N) is 3. The summed E-state index contributed by atoms with van der Waals surface area (Å²) in [5.41, 5.74) is 2.37. The molecule has 7 heteroatoms. The fourth-order valence-electron chi connectivity index (χ4n) is 3.23. The van der Waals surface area contributed by atoms with Crippen LogP contribution < -0.4 is 5.32 Å². The van der Waals surface area contributed by atoms with E-state index in [2.05, 4.69) is 34.3 Å². The molecule has 0 radical (unpaired) electrons. The van der Waals surface area contributed by atoms with E-state index >= 15 is 0 Å². The van der Waals surface area contributed by atoms with Gasteiger partial charge in [0.15, 0.2) is 0 Å². The molecule has 6 nitrogen and oxygen atoms in total.